The van der Waals surface area contributed by atoms with Crippen molar-refractivity contribution in [3.05, 3.63) is 84.6 Å². The van der Waals surface area contributed by atoms with Crippen LogP contribution in [0.25, 0.3) is 33.9 Å². The number of fused-ring (bicyclic) bond motifs is 3. The molecule has 0 aliphatic rings. The van der Waals surface area contributed by atoms with Crippen molar-refractivity contribution in [2.24, 2.45) is 14.1 Å². The fourth-order valence-electron chi connectivity index (χ4n) is 4.06. The van der Waals surface area contributed by atoms with Gasteiger partial charge in [0.05, 0.1) is 16.4 Å². The molecule has 0 unspecified atom stereocenters. The average molecular weight is 468 g/mol. The predicted molar refractivity (Wildman–Crippen MR) is 127 cm³/mol. The first kappa shape index (κ1) is 20.6. The molecule has 32 heavy (non-hydrogen) atoms. The number of nitrogens with zero attached hydrogens (tertiary/aromatic N) is 5. The van der Waals surface area contributed by atoms with Crippen molar-refractivity contribution in [2.75, 3.05) is 0 Å². The molecule has 162 valence electrons. The van der Waals surface area contributed by atoms with Crippen molar-refractivity contribution in [3.8, 4) is 16.9 Å². The smallest absolute Gasteiger partial charge is 0.279 e. The van der Waals surface area contributed by atoms with Crippen LogP contribution in [-0.4, -0.2) is 23.1 Å². The van der Waals surface area contributed by atoms with Gasteiger partial charge in [-0.15, -0.1) is 0 Å². The van der Waals surface area contributed by atoms with E-state index in [2.05, 4.69) is 6.07 Å². The number of imidazole rings is 2. The lowest BCUT2D eigenvalue weighted by Crippen LogP contribution is -2.37. The summed E-state index contributed by atoms with van der Waals surface area (Å²) in [6.07, 6.45) is 1.83. The van der Waals surface area contributed by atoms with Crippen LogP contribution in [-0.2, 0) is 14.1 Å². The summed E-state index contributed by atoms with van der Waals surface area (Å²) in [5.41, 5.74) is 4.29. The molecule has 2 aromatic carbocycles. The summed E-state index contributed by atoms with van der Waals surface area (Å²) in [5.74, 6) is 0.507. The second kappa shape index (κ2) is 7.12. The average Bonchev–Trinajstić information content (AvgIpc) is 3.29. The largest absolute Gasteiger partial charge is 0.332 e. The fourth-order valence-corrected chi connectivity index (χ4v) is 4.56. The van der Waals surface area contributed by atoms with Crippen LogP contribution in [0.2, 0.25) is 10.0 Å². The molecular weight excluding hydrogens is 449 g/mol. The summed E-state index contributed by atoms with van der Waals surface area (Å²) >= 11 is 12.7. The van der Waals surface area contributed by atoms with Gasteiger partial charge in [-0.2, -0.15) is 4.98 Å². The van der Waals surface area contributed by atoms with Gasteiger partial charge in [-0.05, 0) is 49.2 Å². The standard InChI is InChI=1S/C23H19Cl2N5O2/c1-12-5-6-13(2)17(9-12)30-18(15-8-7-14(24)10-16(15)25)11-29-19-20(26-22(29)30)27(3)23(32)28(4)21(19)31/h5-11H,1-4H3. The summed E-state index contributed by atoms with van der Waals surface area (Å²) in [5, 5.41) is 1.01. The Bertz CT molecular complexity index is 1690. The van der Waals surface area contributed by atoms with Crippen LogP contribution in [0.5, 0.6) is 0 Å². The van der Waals surface area contributed by atoms with Gasteiger partial charge in [-0.3, -0.25) is 22.9 Å². The molecular formula is C23H19Cl2N5O2. The van der Waals surface area contributed by atoms with Crippen molar-refractivity contribution in [1.29, 1.82) is 0 Å². The molecule has 0 spiro atoms. The second-order valence-electron chi connectivity index (χ2n) is 7.92. The Morgan fingerprint density at radius 3 is 2.41 bits per heavy atom. The van der Waals surface area contributed by atoms with Crippen LogP contribution >= 0.6 is 23.2 Å². The van der Waals surface area contributed by atoms with Crippen LogP contribution in [0.15, 0.2) is 52.2 Å². The van der Waals surface area contributed by atoms with Crippen molar-refractivity contribution in [1.82, 2.24) is 23.1 Å². The van der Waals surface area contributed by atoms with Gasteiger partial charge in [0, 0.05) is 30.9 Å². The van der Waals surface area contributed by atoms with Gasteiger partial charge in [0.1, 0.15) is 0 Å². The molecule has 3 aromatic heterocycles. The molecule has 0 saturated carbocycles. The van der Waals surface area contributed by atoms with Gasteiger partial charge in [-0.25, -0.2) is 4.79 Å². The Balaban J connectivity index is 2.01. The minimum absolute atomic E-state index is 0.319. The van der Waals surface area contributed by atoms with E-state index in [-0.39, 0.29) is 0 Å². The molecule has 9 heteroatoms. The molecule has 0 N–H and O–H groups in total. The SMILES string of the molecule is Cc1ccc(C)c(-n2c(-c3ccc(Cl)cc3Cl)cn3c4c(=O)n(C)c(=O)n(C)c4nc23)c1. The molecule has 0 fully saturated rings. The van der Waals surface area contributed by atoms with E-state index in [0.29, 0.717) is 27.0 Å². The zero-order valence-electron chi connectivity index (χ0n) is 17.8. The number of rotatable bonds is 2. The van der Waals surface area contributed by atoms with E-state index in [1.54, 1.807) is 23.6 Å². The summed E-state index contributed by atoms with van der Waals surface area (Å²) in [4.78, 5) is 30.2. The molecule has 7 nitrogen and oxygen atoms in total. The first-order valence-electron chi connectivity index (χ1n) is 9.91. The van der Waals surface area contributed by atoms with Crippen LogP contribution in [0.1, 0.15) is 11.1 Å². The minimum Gasteiger partial charge on any atom is -0.279 e. The van der Waals surface area contributed by atoms with Crippen LogP contribution in [0, 0.1) is 13.8 Å². The topological polar surface area (TPSA) is 66.2 Å². The fraction of sp³-hybridized carbons (Fsp3) is 0.174. The number of halogens is 2. The van der Waals surface area contributed by atoms with E-state index in [1.165, 1.54) is 11.6 Å². The summed E-state index contributed by atoms with van der Waals surface area (Å²) in [6.45, 7) is 4.02. The zero-order chi connectivity index (χ0) is 22.9. The molecule has 5 aromatic rings. The summed E-state index contributed by atoms with van der Waals surface area (Å²) in [7, 11) is 3.07. The van der Waals surface area contributed by atoms with Crippen LogP contribution in [0.4, 0.5) is 0 Å². The van der Waals surface area contributed by atoms with Crippen molar-refractivity contribution >= 4 is 40.1 Å². The van der Waals surface area contributed by atoms with Gasteiger partial charge in [0.15, 0.2) is 11.2 Å². The van der Waals surface area contributed by atoms with Crippen LogP contribution in [0.3, 0.4) is 0 Å². The molecule has 0 aliphatic heterocycles. The van der Waals surface area contributed by atoms with Gasteiger partial charge in [0.25, 0.3) is 5.56 Å². The zero-order valence-corrected chi connectivity index (χ0v) is 19.4. The normalized spacial score (nSPS) is 11.7. The predicted octanol–water partition coefficient (Wildman–Crippen LogP) is 4.27. The molecule has 0 saturated heterocycles. The third-order valence-corrected chi connectivity index (χ3v) is 6.33. The van der Waals surface area contributed by atoms with Crippen molar-refractivity contribution < 1.29 is 0 Å². The molecule has 0 bridgehead atoms. The number of aryl methyl sites for hydroxylation is 3. The second-order valence-corrected chi connectivity index (χ2v) is 8.77. The van der Waals surface area contributed by atoms with E-state index in [4.69, 9.17) is 28.2 Å². The lowest BCUT2D eigenvalue weighted by atomic mass is 10.1. The van der Waals surface area contributed by atoms with Crippen molar-refractivity contribution in [3.63, 3.8) is 0 Å². The van der Waals surface area contributed by atoms with E-state index in [0.717, 1.165) is 32.6 Å². The van der Waals surface area contributed by atoms with Crippen LogP contribution < -0.4 is 11.2 Å². The maximum Gasteiger partial charge on any atom is 0.332 e. The number of benzene rings is 2. The lowest BCUT2D eigenvalue weighted by molar-refractivity contribution is 0.708. The highest BCUT2D eigenvalue weighted by Gasteiger charge is 2.23. The quantitative estimate of drug-likeness (QED) is 0.389. The van der Waals surface area contributed by atoms with E-state index in [9.17, 15) is 9.59 Å². The minimum atomic E-state index is -0.428. The third-order valence-electron chi connectivity index (χ3n) is 5.78. The number of hydrogen-bond donors (Lipinski definition) is 0. The Labute approximate surface area is 192 Å². The summed E-state index contributed by atoms with van der Waals surface area (Å²) < 4.78 is 6.15. The molecule has 0 amide bonds. The number of aromatic nitrogens is 5. The Morgan fingerprint density at radius 1 is 0.938 bits per heavy atom. The third kappa shape index (κ3) is 2.85. The van der Waals surface area contributed by atoms with Crippen molar-refractivity contribution in [2.45, 2.75) is 13.8 Å². The maximum absolute atomic E-state index is 13.0. The molecule has 0 atom stereocenters. The molecule has 0 radical (unpaired) electrons. The number of hydrogen-bond acceptors (Lipinski definition) is 3. The molecule has 0 aliphatic carbocycles. The molecule has 3 heterocycles. The highest BCUT2D eigenvalue weighted by Crippen LogP contribution is 2.35. The Kier molecular flexibility index (Phi) is 4.58. The highest BCUT2D eigenvalue weighted by molar-refractivity contribution is 6.36. The van der Waals surface area contributed by atoms with Gasteiger partial charge < -0.3 is 0 Å². The highest BCUT2D eigenvalue weighted by atomic mass is 35.5. The Morgan fingerprint density at radius 2 is 1.69 bits per heavy atom. The first-order valence-corrected chi connectivity index (χ1v) is 10.7. The van der Waals surface area contributed by atoms with E-state index < -0.39 is 11.2 Å². The first-order chi connectivity index (χ1) is 15.2. The van der Waals surface area contributed by atoms with E-state index in [1.807, 2.05) is 42.8 Å². The molecule has 5 rings (SSSR count). The van der Waals surface area contributed by atoms with E-state index >= 15 is 0 Å². The van der Waals surface area contributed by atoms with Gasteiger partial charge >= 0.3 is 5.69 Å². The maximum atomic E-state index is 13.0. The van der Waals surface area contributed by atoms with Gasteiger partial charge in [0.2, 0.25) is 5.78 Å². The lowest BCUT2D eigenvalue weighted by Gasteiger charge is -2.14. The van der Waals surface area contributed by atoms with Gasteiger partial charge in [-0.1, -0.05) is 35.3 Å². The monoisotopic (exact) mass is 467 g/mol. The summed E-state index contributed by atoms with van der Waals surface area (Å²) in [6, 6.07) is 11.4. The Hall–Kier alpha value is -3.29.